The second kappa shape index (κ2) is 10.3. The van der Waals surface area contributed by atoms with E-state index >= 15 is 0 Å². The number of benzene rings is 2. The van der Waals surface area contributed by atoms with Crippen LogP contribution in [-0.2, 0) is 4.74 Å². The predicted molar refractivity (Wildman–Crippen MR) is 141 cm³/mol. The first-order valence-corrected chi connectivity index (χ1v) is 12.8. The maximum Gasteiger partial charge on any atom is 0.230 e. The first-order valence-electron chi connectivity index (χ1n) is 12.8. The molecule has 10 heteroatoms. The number of β-amino-alcohol motifs (C(OH)–C–C–N with tert-alkyl or cyclic N) is 1. The van der Waals surface area contributed by atoms with Gasteiger partial charge in [-0.25, -0.2) is 9.97 Å². The van der Waals surface area contributed by atoms with Crippen molar-refractivity contribution < 1.29 is 9.84 Å². The normalized spacial score (nSPS) is 20.5. The Kier molecular flexibility index (Phi) is 6.57. The number of nitriles is 1. The van der Waals surface area contributed by atoms with Crippen molar-refractivity contribution >= 4 is 23.0 Å². The summed E-state index contributed by atoms with van der Waals surface area (Å²) in [5.41, 5.74) is 4.22. The van der Waals surface area contributed by atoms with E-state index in [0.717, 1.165) is 62.9 Å². The predicted octanol–water partition coefficient (Wildman–Crippen LogP) is 2.25. The van der Waals surface area contributed by atoms with Gasteiger partial charge in [0.15, 0.2) is 5.82 Å². The van der Waals surface area contributed by atoms with E-state index in [4.69, 9.17) is 4.74 Å². The van der Waals surface area contributed by atoms with Crippen molar-refractivity contribution in [2.45, 2.75) is 18.6 Å². The van der Waals surface area contributed by atoms with Crippen LogP contribution in [0.5, 0.6) is 0 Å². The quantitative estimate of drug-likeness (QED) is 0.525. The summed E-state index contributed by atoms with van der Waals surface area (Å²) >= 11 is 0. The van der Waals surface area contributed by atoms with Crippen molar-refractivity contribution in [2.75, 3.05) is 67.6 Å². The number of nitrogens with one attached hydrogen (secondary N) is 1. The van der Waals surface area contributed by atoms with E-state index in [9.17, 15) is 10.4 Å². The van der Waals surface area contributed by atoms with Gasteiger partial charge in [0.1, 0.15) is 12.4 Å². The maximum absolute atomic E-state index is 9.86. The van der Waals surface area contributed by atoms with Gasteiger partial charge in [-0.2, -0.15) is 10.2 Å². The standard InChI is InChI=1S/C27H30N8O2/c28-14-20-13-19(1-6-25(20)35-8-7-24(36)15-35)26-29-18-30-27(32-26)31-21-2-4-22(5-3-21)33-9-11-34(12-10-33)23-16-37-17-23/h1-6,13,18,23-24,36H,7-12,15-17H2,(H,29,30,31,32). The van der Waals surface area contributed by atoms with Gasteiger partial charge in [0.25, 0.3) is 0 Å². The molecule has 2 aromatic carbocycles. The van der Waals surface area contributed by atoms with Crippen LogP contribution in [0.25, 0.3) is 11.4 Å². The fourth-order valence-corrected chi connectivity index (χ4v) is 5.16. The van der Waals surface area contributed by atoms with Crippen LogP contribution in [0.3, 0.4) is 0 Å². The van der Waals surface area contributed by atoms with E-state index in [1.165, 1.54) is 12.0 Å². The Morgan fingerprint density at radius 1 is 0.973 bits per heavy atom. The molecule has 0 amide bonds. The molecule has 0 spiro atoms. The van der Waals surface area contributed by atoms with Crippen LogP contribution in [0.4, 0.5) is 23.0 Å². The number of anilines is 4. The number of aliphatic hydroxyl groups excluding tert-OH is 1. The van der Waals surface area contributed by atoms with Gasteiger partial charge >= 0.3 is 0 Å². The molecule has 0 saturated carbocycles. The van der Waals surface area contributed by atoms with Gasteiger partial charge in [0.2, 0.25) is 5.95 Å². The molecule has 190 valence electrons. The number of nitrogens with zero attached hydrogens (tertiary/aromatic N) is 7. The monoisotopic (exact) mass is 498 g/mol. The Labute approximate surface area is 216 Å². The van der Waals surface area contributed by atoms with Crippen LogP contribution in [0.2, 0.25) is 0 Å². The van der Waals surface area contributed by atoms with Gasteiger partial charge in [-0.3, -0.25) is 4.90 Å². The van der Waals surface area contributed by atoms with Crippen LogP contribution < -0.4 is 15.1 Å². The summed E-state index contributed by atoms with van der Waals surface area (Å²) < 4.78 is 5.33. The molecule has 0 radical (unpaired) electrons. The molecule has 2 N–H and O–H groups in total. The molecular weight excluding hydrogens is 468 g/mol. The largest absolute Gasteiger partial charge is 0.391 e. The summed E-state index contributed by atoms with van der Waals surface area (Å²) in [6.45, 7) is 7.18. The smallest absolute Gasteiger partial charge is 0.230 e. The highest BCUT2D eigenvalue weighted by Gasteiger charge is 2.29. The highest BCUT2D eigenvalue weighted by Crippen LogP contribution is 2.29. The van der Waals surface area contributed by atoms with Crippen molar-refractivity contribution in [1.82, 2.24) is 19.9 Å². The van der Waals surface area contributed by atoms with Gasteiger partial charge in [0.05, 0.1) is 36.6 Å². The van der Waals surface area contributed by atoms with Crippen LogP contribution in [-0.4, -0.2) is 89.6 Å². The summed E-state index contributed by atoms with van der Waals surface area (Å²) in [5.74, 6) is 0.938. The zero-order chi connectivity index (χ0) is 25.2. The van der Waals surface area contributed by atoms with Crippen molar-refractivity contribution in [2.24, 2.45) is 0 Å². The van der Waals surface area contributed by atoms with E-state index in [1.54, 1.807) is 6.07 Å². The van der Waals surface area contributed by atoms with Crippen LogP contribution in [0.1, 0.15) is 12.0 Å². The average Bonchev–Trinajstić information content (AvgIpc) is 3.34. The lowest BCUT2D eigenvalue weighted by Crippen LogP contribution is -2.56. The molecule has 3 saturated heterocycles. The summed E-state index contributed by atoms with van der Waals surface area (Å²) in [4.78, 5) is 20.2. The molecule has 3 aliphatic rings. The van der Waals surface area contributed by atoms with E-state index in [2.05, 4.69) is 48.3 Å². The molecule has 37 heavy (non-hydrogen) atoms. The topological polar surface area (TPSA) is 114 Å². The highest BCUT2D eigenvalue weighted by molar-refractivity contribution is 5.69. The number of aliphatic hydroxyl groups is 1. The lowest BCUT2D eigenvalue weighted by atomic mass is 10.1. The molecule has 1 unspecified atom stereocenters. The summed E-state index contributed by atoms with van der Waals surface area (Å²) in [6, 6.07) is 16.8. The zero-order valence-corrected chi connectivity index (χ0v) is 20.6. The fraction of sp³-hybridized carbons (Fsp3) is 0.407. The molecule has 1 aromatic heterocycles. The molecule has 3 aliphatic heterocycles. The number of ether oxygens (including phenoxy) is 1. The Morgan fingerprint density at radius 2 is 1.78 bits per heavy atom. The Balaban J connectivity index is 1.12. The molecule has 0 aliphatic carbocycles. The molecule has 3 aromatic rings. The van der Waals surface area contributed by atoms with Crippen molar-refractivity contribution in [1.29, 1.82) is 5.26 Å². The second-order valence-electron chi connectivity index (χ2n) is 9.75. The molecule has 0 bridgehead atoms. The lowest BCUT2D eigenvalue weighted by molar-refractivity contribution is -0.0660. The number of piperazine rings is 1. The molecule has 10 nitrogen and oxygen atoms in total. The molecule has 3 fully saturated rings. The molecular formula is C27H30N8O2. The van der Waals surface area contributed by atoms with Crippen LogP contribution in [0, 0.1) is 11.3 Å². The zero-order valence-electron chi connectivity index (χ0n) is 20.6. The van der Waals surface area contributed by atoms with Crippen molar-refractivity contribution in [3.8, 4) is 17.5 Å². The number of hydrogen-bond donors (Lipinski definition) is 2. The second-order valence-corrected chi connectivity index (χ2v) is 9.75. The summed E-state index contributed by atoms with van der Waals surface area (Å²) in [5, 5.41) is 22.8. The van der Waals surface area contributed by atoms with Gasteiger partial charge in [-0.05, 0) is 48.9 Å². The first kappa shape index (κ1) is 23.6. The van der Waals surface area contributed by atoms with Crippen LogP contribution >= 0.6 is 0 Å². The highest BCUT2D eigenvalue weighted by atomic mass is 16.5. The number of rotatable bonds is 6. The fourth-order valence-electron chi connectivity index (χ4n) is 5.16. The summed E-state index contributed by atoms with van der Waals surface area (Å²) in [7, 11) is 0. The maximum atomic E-state index is 9.86. The van der Waals surface area contributed by atoms with Crippen molar-refractivity contribution in [3.63, 3.8) is 0 Å². The van der Waals surface area contributed by atoms with E-state index in [0.29, 0.717) is 36.3 Å². The minimum Gasteiger partial charge on any atom is -0.391 e. The van der Waals surface area contributed by atoms with Gasteiger partial charge < -0.3 is 25.0 Å². The number of aromatic nitrogens is 3. The third-order valence-electron chi connectivity index (χ3n) is 7.39. The minimum atomic E-state index is -0.352. The van der Waals surface area contributed by atoms with E-state index < -0.39 is 0 Å². The number of hydrogen-bond acceptors (Lipinski definition) is 10. The SMILES string of the molecule is N#Cc1cc(-c2ncnc(Nc3ccc(N4CCN(C5COC5)CC4)cc3)n2)ccc1N1CCC(O)C1. The summed E-state index contributed by atoms with van der Waals surface area (Å²) in [6.07, 6.45) is 1.83. The third kappa shape index (κ3) is 5.06. The molecule has 6 rings (SSSR count). The third-order valence-corrected chi connectivity index (χ3v) is 7.39. The van der Waals surface area contributed by atoms with E-state index in [1.807, 2.05) is 29.2 Å². The van der Waals surface area contributed by atoms with Gasteiger partial charge in [-0.1, -0.05) is 0 Å². The molecule has 1 atom stereocenters. The van der Waals surface area contributed by atoms with Crippen molar-refractivity contribution in [3.05, 3.63) is 54.4 Å². The van der Waals surface area contributed by atoms with E-state index in [-0.39, 0.29) is 6.10 Å². The Bertz CT molecular complexity index is 1280. The Morgan fingerprint density at radius 3 is 2.46 bits per heavy atom. The Hall–Kier alpha value is -3.78. The average molecular weight is 499 g/mol. The van der Waals surface area contributed by atoms with Gasteiger partial charge in [0, 0.05) is 56.2 Å². The van der Waals surface area contributed by atoms with Gasteiger partial charge in [-0.15, -0.1) is 0 Å². The molecule has 4 heterocycles. The lowest BCUT2D eigenvalue weighted by Gasteiger charge is -2.43. The van der Waals surface area contributed by atoms with Crippen LogP contribution in [0.15, 0.2) is 48.8 Å². The first-order chi connectivity index (χ1) is 18.2. The minimum absolute atomic E-state index is 0.352.